The van der Waals surface area contributed by atoms with Gasteiger partial charge in [-0.15, -0.1) is 0 Å². The summed E-state index contributed by atoms with van der Waals surface area (Å²) in [6, 6.07) is 22.9. The second-order valence-corrected chi connectivity index (χ2v) is 5.54. The maximum Gasteiger partial charge on any atom is 0.150 e. The molecule has 23 heavy (non-hydrogen) atoms. The molecule has 0 amide bonds. The fourth-order valence-electron chi connectivity index (χ4n) is 2.22. The van der Waals surface area contributed by atoms with Gasteiger partial charge in [0.2, 0.25) is 0 Å². The summed E-state index contributed by atoms with van der Waals surface area (Å²) in [5, 5.41) is 4.05. The van der Waals surface area contributed by atoms with Gasteiger partial charge in [0, 0.05) is 17.3 Å². The Morgan fingerprint density at radius 1 is 0.870 bits per heavy atom. The molecule has 0 fully saturated rings. The van der Waals surface area contributed by atoms with Crippen molar-refractivity contribution in [2.75, 3.05) is 11.1 Å². The summed E-state index contributed by atoms with van der Waals surface area (Å²) in [4.78, 5) is 0. The van der Waals surface area contributed by atoms with Gasteiger partial charge in [-0.25, -0.2) is 0 Å². The maximum atomic E-state index is 5.98. The number of hydrogen-bond acceptors (Lipinski definition) is 3. The number of anilines is 2. The summed E-state index contributed by atoms with van der Waals surface area (Å²) in [6.07, 6.45) is 0. The molecule has 0 aromatic heterocycles. The molecular weight excluding hydrogens is 308 g/mol. The van der Waals surface area contributed by atoms with E-state index in [1.165, 1.54) is 0 Å². The third-order valence-corrected chi connectivity index (χ3v) is 3.70. The van der Waals surface area contributed by atoms with Crippen LogP contribution in [0.15, 0.2) is 72.8 Å². The highest BCUT2D eigenvalue weighted by Gasteiger charge is 2.05. The first kappa shape index (κ1) is 15.3. The van der Waals surface area contributed by atoms with E-state index >= 15 is 0 Å². The summed E-state index contributed by atoms with van der Waals surface area (Å²) in [5.74, 6) is 1.49. The first-order valence-corrected chi connectivity index (χ1v) is 7.70. The molecule has 0 unspecified atom stereocenters. The summed E-state index contributed by atoms with van der Waals surface area (Å²) in [7, 11) is 0. The smallest absolute Gasteiger partial charge is 0.150 e. The van der Waals surface area contributed by atoms with Gasteiger partial charge in [-0.05, 0) is 48.0 Å². The Kier molecular flexibility index (Phi) is 4.69. The molecule has 0 aliphatic heterocycles. The maximum absolute atomic E-state index is 5.98. The molecule has 0 atom stereocenters. The van der Waals surface area contributed by atoms with Crippen LogP contribution in [0.2, 0.25) is 5.02 Å². The van der Waals surface area contributed by atoms with Crippen molar-refractivity contribution >= 4 is 23.0 Å². The van der Waals surface area contributed by atoms with Gasteiger partial charge >= 0.3 is 0 Å². The van der Waals surface area contributed by atoms with E-state index < -0.39 is 0 Å². The molecule has 3 aromatic rings. The van der Waals surface area contributed by atoms with Crippen LogP contribution in [0, 0.1) is 0 Å². The van der Waals surface area contributed by atoms with Crippen LogP contribution >= 0.6 is 11.6 Å². The first-order chi connectivity index (χ1) is 11.2. The number of nitrogen functional groups attached to an aromatic ring is 1. The molecule has 0 bridgehead atoms. The Morgan fingerprint density at radius 2 is 1.57 bits per heavy atom. The van der Waals surface area contributed by atoms with Crippen LogP contribution in [0.5, 0.6) is 11.5 Å². The SMILES string of the molecule is Nc1ccccc1CNc1ccccc1Oc1ccc(Cl)cc1. The van der Waals surface area contributed by atoms with Crippen molar-refractivity contribution in [3.63, 3.8) is 0 Å². The second-order valence-electron chi connectivity index (χ2n) is 5.10. The van der Waals surface area contributed by atoms with E-state index in [-0.39, 0.29) is 0 Å². The number of nitrogens with one attached hydrogen (secondary N) is 1. The lowest BCUT2D eigenvalue weighted by atomic mass is 10.2. The minimum atomic E-state index is 0.633. The highest BCUT2D eigenvalue weighted by atomic mass is 35.5. The van der Waals surface area contributed by atoms with E-state index in [4.69, 9.17) is 22.1 Å². The summed E-state index contributed by atoms with van der Waals surface area (Å²) >= 11 is 5.90. The Balaban J connectivity index is 1.75. The van der Waals surface area contributed by atoms with Crippen LogP contribution in [0.4, 0.5) is 11.4 Å². The molecule has 0 heterocycles. The van der Waals surface area contributed by atoms with Crippen molar-refractivity contribution in [2.45, 2.75) is 6.54 Å². The number of rotatable bonds is 5. The van der Waals surface area contributed by atoms with Crippen LogP contribution in [0.3, 0.4) is 0 Å². The summed E-state index contributed by atoms with van der Waals surface area (Å²) in [6.45, 7) is 0.633. The summed E-state index contributed by atoms with van der Waals surface area (Å²) in [5.41, 5.74) is 8.71. The number of hydrogen-bond donors (Lipinski definition) is 2. The molecule has 0 radical (unpaired) electrons. The van der Waals surface area contributed by atoms with E-state index in [1.54, 1.807) is 12.1 Å². The predicted molar refractivity (Wildman–Crippen MR) is 96.1 cm³/mol. The Hall–Kier alpha value is -2.65. The molecule has 0 aliphatic rings. The first-order valence-electron chi connectivity index (χ1n) is 7.32. The van der Waals surface area contributed by atoms with E-state index in [9.17, 15) is 0 Å². The second kappa shape index (κ2) is 7.07. The molecule has 0 saturated heterocycles. The molecule has 3 rings (SSSR count). The molecule has 3 nitrogen and oxygen atoms in total. The number of nitrogens with two attached hydrogens (primary N) is 1. The monoisotopic (exact) mass is 324 g/mol. The van der Waals surface area contributed by atoms with Gasteiger partial charge in [0.05, 0.1) is 5.69 Å². The highest BCUT2D eigenvalue weighted by Crippen LogP contribution is 2.30. The van der Waals surface area contributed by atoms with Gasteiger partial charge < -0.3 is 15.8 Å². The van der Waals surface area contributed by atoms with Gasteiger partial charge in [-0.1, -0.05) is 41.9 Å². The van der Waals surface area contributed by atoms with Crippen molar-refractivity contribution in [3.05, 3.63) is 83.4 Å². The fraction of sp³-hybridized carbons (Fsp3) is 0.0526. The fourth-order valence-corrected chi connectivity index (χ4v) is 2.34. The van der Waals surface area contributed by atoms with E-state index in [2.05, 4.69) is 5.32 Å². The Morgan fingerprint density at radius 3 is 2.35 bits per heavy atom. The lowest BCUT2D eigenvalue weighted by molar-refractivity contribution is 0.484. The molecule has 3 N–H and O–H groups in total. The topological polar surface area (TPSA) is 47.3 Å². The average molecular weight is 325 g/mol. The lowest BCUT2D eigenvalue weighted by Gasteiger charge is -2.14. The van der Waals surface area contributed by atoms with E-state index in [1.807, 2.05) is 60.7 Å². The lowest BCUT2D eigenvalue weighted by Crippen LogP contribution is -2.03. The van der Waals surface area contributed by atoms with Crippen molar-refractivity contribution in [1.29, 1.82) is 0 Å². The average Bonchev–Trinajstić information content (AvgIpc) is 2.57. The van der Waals surface area contributed by atoms with Gasteiger partial charge in [0.15, 0.2) is 5.75 Å². The minimum absolute atomic E-state index is 0.633. The number of para-hydroxylation sites is 3. The van der Waals surface area contributed by atoms with Gasteiger partial charge in [0.25, 0.3) is 0 Å². The van der Waals surface area contributed by atoms with Crippen LogP contribution in [0.1, 0.15) is 5.56 Å². The highest BCUT2D eigenvalue weighted by molar-refractivity contribution is 6.30. The summed E-state index contributed by atoms with van der Waals surface area (Å²) < 4.78 is 5.93. The van der Waals surface area contributed by atoms with Crippen molar-refractivity contribution < 1.29 is 4.74 Å². The number of benzene rings is 3. The van der Waals surface area contributed by atoms with Crippen LogP contribution < -0.4 is 15.8 Å². The normalized spacial score (nSPS) is 10.3. The number of ether oxygens (including phenoxy) is 1. The third kappa shape index (κ3) is 3.96. The number of halogens is 1. The van der Waals surface area contributed by atoms with E-state index in [0.29, 0.717) is 11.6 Å². The predicted octanol–water partition coefficient (Wildman–Crippen LogP) is 5.33. The van der Waals surface area contributed by atoms with Crippen LogP contribution in [-0.2, 0) is 6.54 Å². The van der Waals surface area contributed by atoms with Gasteiger partial charge in [-0.2, -0.15) is 0 Å². The quantitative estimate of drug-likeness (QED) is 0.624. The van der Waals surface area contributed by atoms with Crippen molar-refractivity contribution in [1.82, 2.24) is 0 Å². The molecule has 0 aliphatic carbocycles. The van der Waals surface area contributed by atoms with Crippen molar-refractivity contribution in [2.24, 2.45) is 0 Å². The van der Waals surface area contributed by atoms with Gasteiger partial charge in [-0.3, -0.25) is 0 Å². The van der Waals surface area contributed by atoms with E-state index in [0.717, 1.165) is 28.4 Å². The largest absolute Gasteiger partial charge is 0.455 e. The molecule has 0 spiro atoms. The molecule has 116 valence electrons. The van der Waals surface area contributed by atoms with Crippen molar-refractivity contribution in [3.8, 4) is 11.5 Å². The molecule has 4 heteroatoms. The molecule has 0 saturated carbocycles. The third-order valence-electron chi connectivity index (χ3n) is 3.45. The molecule has 3 aromatic carbocycles. The zero-order valence-electron chi connectivity index (χ0n) is 12.5. The zero-order chi connectivity index (χ0) is 16.1. The zero-order valence-corrected chi connectivity index (χ0v) is 13.3. The minimum Gasteiger partial charge on any atom is -0.455 e. The van der Waals surface area contributed by atoms with Gasteiger partial charge in [0.1, 0.15) is 5.75 Å². The Bertz CT molecular complexity index is 787. The Labute approximate surface area is 140 Å². The van der Waals surface area contributed by atoms with Crippen LogP contribution in [-0.4, -0.2) is 0 Å². The molecular formula is C19H17ClN2O. The standard InChI is InChI=1S/C19H17ClN2O/c20-15-9-11-16(12-10-15)23-19-8-4-3-7-18(19)22-13-14-5-1-2-6-17(14)21/h1-12,22H,13,21H2. The van der Waals surface area contributed by atoms with Crippen LogP contribution in [0.25, 0.3) is 0 Å².